The quantitative estimate of drug-likeness (QED) is 0.789. The first-order chi connectivity index (χ1) is 9.72. The minimum Gasteiger partial charge on any atom is -0.478 e. The van der Waals surface area contributed by atoms with E-state index in [-0.39, 0.29) is 5.56 Å². The average Bonchev–Trinajstić information content (AvgIpc) is 2.47. The Bertz CT molecular complexity index is 794. The van der Waals surface area contributed by atoms with Gasteiger partial charge in [0.1, 0.15) is 10.5 Å². The van der Waals surface area contributed by atoms with Crippen LogP contribution in [-0.2, 0) is 0 Å². The highest BCUT2D eigenvalue weighted by Crippen LogP contribution is 2.23. The highest BCUT2D eigenvalue weighted by Gasteiger charge is 2.08. The van der Waals surface area contributed by atoms with Crippen LogP contribution in [0, 0.1) is 0 Å². The number of carboxylic acids is 1. The van der Waals surface area contributed by atoms with E-state index in [1.165, 1.54) is 30.1 Å². The number of hydrogen-bond donors (Lipinski definition) is 1. The topological polar surface area (TPSA) is 88.9 Å². The van der Waals surface area contributed by atoms with Gasteiger partial charge in [0.25, 0.3) is 0 Å². The van der Waals surface area contributed by atoms with Crippen molar-refractivity contribution in [2.24, 2.45) is 0 Å². The van der Waals surface area contributed by atoms with Crippen molar-refractivity contribution in [3.05, 3.63) is 48.2 Å². The largest absolute Gasteiger partial charge is 0.478 e. The number of benzene rings is 1. The Balaban J connectivity index is 1.92. The molecule has 0 fully saturated rings. The molecule has 0 aliphatic rings. The van der Waals surface area contributed by atoms with Gasteiger partial charge in [-0.25, -0.2) is 14.8 Å². The van der Waals surface area contributed by atoms with Gasteiger partial charge in [-0.3, -0.25) is 0 Å². The number of rotatable bonds is 3. The van der Waals surface area contributed by atoms with Gasteiger partial charge in [-0.2, -0.15) is 0 Å². The van der Waals surface area contributed by atoms with Gasteiger partial charge >= 0.3 is 5.97 Å². The van der Waals surface area contributed by atoms with Crippen LogP contribution in [0.2, 0.25) is 0 Å². The number of pyridine rings is 1. The van der Waals surface area contributed by atoms with Gasteiger partial charge in [-0.05, 0) is 36.0 Å². The van der Waals surface area contributed by atoms with Crippen molar-refractivity contribution >= 4 is 28.8 Å². The van der Waals surface area contributed by atoms with Gasteiger partial charge in [0.2, 0.25) is 5.16 Å². The fourth-order valence-electron chi connectivity index (χ4n) is 1.60. The Labute approximate surface area is 117 Å². The summed E-state index contributed by atoms with van der Waals surface area (Å²) in [5.41, 5.74) is 1.62. The lowest BCUT2D eigenvalue weighted by Gasteiger charge is -2.01. The zero-order valence-corrected chi connectivity index (χ0v) is 10.9. The van der Waals surface area contributed by atoms with Crippen LogP contribution >= 0.6 is 11.8 Å². The Morgan fingerprint density at radius 3 is 2.70 bits per heavy atom. The summed E-state index contributed by atoms with van der Waals surface area (Å²) in [5.74, 6) is -0.994. The van der Waals surface area contributed by atoms with E-state index in [1.807, 2.05) is 24.3 Å². The van der Waals surface area contributed by atoms with E-state index in [1.54, 1.807) is 0 Å². The molecule has 0 bridgehead atoms. The molecule has 0 saturated heterocycles. The molecule has 0 unspecified atom stereocenters. The van der Waals surface area contributed by atoms with E-state index >= 15 is 0 Å². The molecule has 0 aliphatic carbocycles. The number of carboxylic acid groups (broad SMARTS) is 1. The van der Waals surface area contributed by atoms with E-state index in [0.717, 1.165) is 5.52 Å². The van der Waals surface area contributed by atoms with Gasteiger partial charge in [-0.1, -0.05) is 12.1 Å². The fourth-order valence-corrected chi connectivity index (χ4v) is 2.31. The molecule has 0 amide bonds. The lowest BCUT2D eigenvalue weighted by Crippen LogP contribution is -1.97. The third-order valence-corrected chi connectivity index (χ3v) is 3.31. The van der Waals surface area contributed by atoms with Crippen LogP contribution in [0.15, 0.2) is 52.8 Å². The molecule has 2 aromatic heterocycles. The second-order valence-corrected chi connectivity index (χ2v) is 4.86. The first-order valence-electron chi connectivity index (χ1n) is 5.69. The Hall–Kier alpha value is -2.54. The summed E-state index contributed by atoms with van der Waals surface area (Å²) in [6, 6.07) is 10.3. The number of carbonyl (C=O) groups is 1. The second kappa shape index (κ2) is 5.22. The third-order valence-electron chi connectivity index (χ3n) is 2.52. The lowest BCUT2D eigenvalue weighted by atomic mass is 10.3. The molecular weight excluding hydrogens is 276 g/mol. The summed E-state index contributed by atoms with van der Waals surface area (Å²) >= 11 is 1.17. The van der Waals surface area contributed by atoms with Crippen LogP contribution in [0.25, 0.3) is 11.0 Å². The Morgan fingerprint density at radius 2 is 1.90 bits per heavy atom. The number of fused-ring (bicyclic) bond motifs is 1. The van der Waals surface area contributed by atoms with Crippen LogP contribution in [0.1, 0.15) is 10.4 Å². The summed E-state index contributed by atoms with van der Waals surface area (Å²) < 4.78 is 0. The smallest absolute Gasteiger partial charge is 0.335 e. The van der Waals surface area contributed by atoms with Gasteiger partial charge < -0.3 is 5.11 Å². The van der Waals surface area contributed by atoms with Crippen molar-refractivity contribution in [2.75, 3.05) is 0 Å². The molecule has 20 heavy (non-hydrogen) atoms. The summed E-state index contributed by atoms with van der Waals surface area (Å²) in [7, 11) is 0. The lowest BCUT2D eigenvalue weighted by molar-refractivity contribution is 0.0696. The van der Waals surface area contributed by atoms with Crippen LogP contribution in [0.4, 0.5) is 0 Å². The standard InChI is InChI=1S/C13H8N4O2S/c18-12(19)8-5-6-14-11(7-8)20-13-15-9-3-1-2-4-10(9)16-17-13/h1-7H,(H,18,19). The third kappa shape index (κ3) is 2.57. The van der Waals surface area contributed by atoms with E-state index in [2.05, 4.69) is 20.2 Å². The van der Waals surface area contributed by atoms with Gasteiger partial charge in [0, 0.05) is 6.20 Å². The summed E-state index contributed by atoms with van der Waals surface area (Å²) in [4.78, 5) is 19.3. The molecule has 0 aliphatic heterocycles. The molecule has 7 heteroatoms. The normalized spacial score (nSPS) is 10.6. The Morgan fingerprint density at radius 1 is 1.10 bits per heavy atom. The molecule has 3 aromatic rings. The van der Waals surface area contributed by atoms with E-state index < -0.39 is 5.97 Å². The number of nitrogens with zero attached hydrogens (tertiary/aromatic N) is 4. The summed E-state index contributed by atoms with van der Waals surface area (Å²) in [6.07, 6.45) is 1.44. The SMILES string of the molecule is O=C(O)c1ccnc(Sc2nnc3ccccc3n2)c1. The van der Waals surface area contributed by atoms with Crippen LogP contribution in [0.5, 0.6) is 0 Å². The van der Waals surface area contributed by atoms with Crippen LogP contribution in [0.3, 0.4) is 0 Å². The highest BCUT2D eigenvalue weighted by molar-refractivity contribution is 7.99. The van der Waals surface area contributed by atoms with Crippen molar-refractivity contribution in [2.45, 2.75) is 10.2 Å². The fraction of sp³-hybridized carbons (Fsp3) is 0. The molecule has 0 spiro atoms. The molecule has 0 saturated carbocycles. The molecule has 1 aromatic carbocycles. The zero-order chi connectivity index (χ0) is 13.9. The van der Waals surface area contributed by atoms with Crippen molar-refractivity contribution in [3.8, 4) is 0 Å². The first kappa shape index (κ1) is 12.5. The predicted octanol–water partition coefficient (Wildman–Crippen LogP) is 2.27. The van der Waals surface area contributed by atoms with Crippen molar-refractivity contribution in [3.63, 3.8) is 0 Å². The maximum absolute atomic E-state index is 10.9. The molecule has 3 rings (SSSR count). The molecule has 6 nitrogen and oxygen atoms in total. The minimum absolute atomic E-state index is 0.177. The number of aromatic carboxylic acids is 1. The van der Waals surface area contributed by atoms with Gasteiger partial charge in [0.05, 0.1) is 11.1 Å². The minimum atomic E-state index is -0.994. The van der Waals surface area contributed by atoms with E-state index in [9.17, 15) is 4.79 Å². The summed E-state index contributed by atoms with van der Waals surface area (Å²) in [5, 5.41) is 17.9. The molecule has 1 N–H and O–H groups in total. The van der Waals surface area contributed by atoms with E-state index in [4.69, 9.17) is 5.11 Å². The maximum Gasteiger partial charge on any atom is 0.335 e. The molecule has 98 valence electrons. The maximum atomic E-state index is 10.9. The molecule has 0 radical (unpaired) electrons. The van der Waals surface area contributed by atoms with Crippen LogP contribution in [-0.4, -0.2) is 31.2 Å². The van der Waals surface area contributed by atoms with E-state index in [0.29, 0.717) is 15.7 Å². The first-order valence-corrected chi connectivity index (χ1v) is 6.51. The van der Waals surface area contributed by atoms with Gasteiger partial charge in [-0.15, -0.1) is 10.2 Å². The number of aromatic nitrogens is 4. The molecular formula is C13H8N4O2S. The Kier molecular flexibility index (Phi) is 3.26. The van der Waals surface area contributed by atoms with Gasteiger partial charge in [0.15, 0.2) is 0 Å². The second-order valence-electron chi connectivity index (χ2n) is 3.87. The van der Waals surface area contributed by atoms with Crippen molar-refractivity contribution in [1.82, 2.24) is 20.2 Å². The average molecular weight is 284 g/mol. The zero-order valence-electron chi connectivity index (χ0n) is 10.1. The van der Waals surface area contributed by atoms with Crippen LogP contribution < -0.4 is 0 Å². The highest BCUT2D eigenvalue weighted by atomic mass is 32.2. The molecule has 0 atom stereocenters. The summed E-state index contributed by atoms with van der Waals surface area (Å²) in [6.45, 7) is 0. The monoisotopic (exact) mass is 284 g/mol. The molecule has 2 heterocycles. The predicted molar refractivity (Wildman–Crippen MR) is 72.7 cm³/mol. The number of para-hydroxylation sites is 1. The number of hydrogen-bond acceptors (Lipinski definition) is 6. The van der Waals surface area contributed by atoms with Crippen molar-refractivity contribution < 1.29 is 9.90 Å². The van der Waals surface area contributed by atoms with Crippen molar-refractivity contribution in [1.29, 1.82) is 0 Å².